The van der Waals surface area contributed by atoms with Crippen molar-refractivity contribution in [2.75, 3.05) is 18.2 Å². The van der Waals surface area contributed by atoms with Crippen LogP contribution in [0.25, 0.3) is 0 Å². The molecule has 1 N–H and O–H groups in total. The summed E-state index contributed by atoms with van der Waals surface area (Å²) in [6.07, 6.45) is 0. The smallest absolute Gasteiger partial charge is 0.234 e. The van der Waals surface area contributed by atoms with Gasteiger partial charge in [-0.2, -0.15) is 0 Å². The molecule has 0 saturated carbocycles. The molecule has 0 atom stereocenters. The number of nitrogens with zero attached hydrogens (tertiary/aromatic N) is 2. The molecule has 1 aromatic carbocycles. The summed E-state index contributed by atoms with van der Waals surface area (Å²) >= 11 is 8.71. The predicted molar refractivity (Wildman–Crippen MR) is 82.0 cm³/mol. The zero-order valence-corrected chi connectivity index (χ0v) is 13.2. The highest BCUT2D eigenvalue weighted by Gasteiger charge is 2.10. The Morgan fingerprint density at radius 3 is 2.95 bits per heavy atom. The van der Waals surface area contributed by atoms with Crippen molar-refractivity contribution in [3.05, 3.63) is 28.2 Å². The molecule has 0 radical (unpaired) electrons. The SMILES string of the molecule is COc1ccc(Cl)cc1NC(=O)CSc1nnc(C)s1. The standard InChI is InChI=1S/C12H12ClN3O2S2/c1-7-15-16-12(20-7)19-6-11(17)14-9-5-8(13)3-4-10(9)18-2/h3-5H,6H2,1-2H3,(H,14,17). The van der Waals surface area contributed by atoms with Crippen LogP contribution >= 0.6 is 34.7 Å². The summed E-state index contributed by atoms with van der Waals surface area (Å²) in [6.45, 7) is 1.87. The van der Waals surface area contributed by atoms with Crippen molar-refractivity contribution in [1.82, 2.24) is 10.2 Å². The van der Waals surface area contributed by atoms with E-state index in [9.17, 15) is 4.79 Å². The molecule has 8 heteroatoms. The van der Waals surface area contributed by atoms with Gasteiger partial charge in [-0.1, -0.05) is 34.7 Å². The monoisotopic (exact) mass is 329 g/mol. The second kappa shape index (κ2) is 6.92. The number of hydrogen-bond donors (Lipinski definition) is 1. The van der Waals surface area contributed by atoms with Gasteiger partial charge < -0.3 is 10.1 Å². The maximum absolute atomic E-state index is 11.9. The molecule has 1 amide bonds. The van der Waals surface area contributed by atoms with E-state index in [1.165, 1.54) is 30.2 Å². The minimum Gasteiger partial charge on any atom is -0.495 e. The van der Waals surface area contributed by atoms with E-state index < -0.39 is 0 Å². The van der Waals surface area contributed by atoms with Crippen LogP contribution < -0.4 is 10.1 Å². The Balaban J connectivity index is 1.96. The summed E-state index contributed by atoms with van der Waals surface area (Å²) in [5.74, 6) is 0.674. The van der Waals surface area contributed by atoms with Crippen molar-refractivity contribution in [3.63, 3.8) is 0 Å². The Labute approximate surface area is 129 Å². The molecule has 2 aromatic rings. The molecular weight excluding hydrogens is 318 g/mol. The third-order valence-corrected chi connectivity index (χ3v) is 4.48. The van der Waals surface area contributed by atoms with Gasteiger partial charge in [0, 0.05) is 5.02 Å². The molecule has 20 heavy (non-hydrogen) atoms. The van der Waals surface area contributed by atoms with Crippen LogP contribution in [0.5, 0.6) is 5.75 Å². The molecule has 0 spiro atoms. The minimum atomic E-state index is -0.150. The molecule has 5 nitrogen and oxygen atoms in total. The summed E-state index contributed by atoms with van der Waals surface area (Å²) in [6, 6.07) is 5.06. The van der Waals surface area contributed by atoms with Crippen molar-refractivity contribution < 1.29 is 9.53 Å². The van der Waals surface area contributed by atoms with Crippen LogP contribution in [0.2, 0.25) is 5.02 Å². The van der Waals surface area contributed by atoms with Crippen molar-refractivity contribution in [3.8, 4) is 5.75 Å². The van der Waals surface area contributed by atoms with E-state index >= 15 is 0 Å². The van der Waals surface area contributed by atoms with Gasteiger partial charge in [-0.05, 0) is 25.1 Å². The average molecular weight is 330 g/mol. The minimum absolute atomic E-state index is 0.150. The maximum Gasteiger partial charge on any atom is 0.234 e. The second-order valence-electron chi connectivity index (χ2n) is 3.77. The Morgan fingerprint density at radius 1 is 1.50 bits per heavy atom. The van der Waals surface area contributed by atoms with E-state index in [1.54, 1.807) is 18.2 Å². The number of thioether (sulfide) groups is 1. The highest BCUT2D eigenvalue weighted by atomic mass is 35.5. The van der Waals surface area contributed by atoms with Crippen molar-refractivity contribution in [2.45, 2.75) is 11.3 Å². The molecule has 0 aliphatic carbocycles. The number of aromatic nitrogens is 2. The van der Waals surface area contributed by atoms with Gasteiger partial charge in [-0.15, -0.1) is 10.2 Å². The van der Waals surface area contributed by atoms with Crippen LogP contribution in [0.1, 0.15) is 5.01 Å². The van der Waals surface area contributed by atoms with Crippen LogP contribution in [-0.4, -0.2) is 29.0 Å². The molecular formula is C12H12ClN3O2S2. The van der Waals surface area contributed by atoms with Crippen LogP contribution in [-0.2, 0) is 4.79 Å². The number of hydrogen-bond acceptors (Lipinski definition) is 6. The predicted octanol–water partition coefficient (Wildman–Crippen LogP) is 3.24. The highest BCUT2D eigenvalue weighted by Crippen LogP contribution is 2.28. The maximum atomic E-state index is 11.9. The molecule has 0 unspecified atom stereocenters. The van der Waals surface area contributed by atoms with E-state index in [0.717, 1.165) is 9.35 Å². The largest absolute Gasteiger partial charge is 0.495 e. The molecule has 1 aromatic heterocycles. The lowest BCUT2D eigenvalue weighted by molar-refractivity contribution is -0.113. The Bertz CT molecular complexity index is 618. The summed E-state index contributed by atoms with van der Waals surface area (Å²) in [4.78, 5) is 11.9. The molecule has 0 fully saturated rings. The molecule has 0 saturated heterocycles. The number of carbonyl (C=O) groups is 1. The fraction of sp³-hybridized carbons (Fsp3) is 0.250. The first-order valence-corrected chi connectivity index (χ1v) is 7.83. The lowest BCUT2D eigenvalue weighted by Crippen LogP contribution is -2.14. The van der Waals surface area contributed by atoms with Crippen molar-refractivity contribution >= 4 is 46.3 Å². The highest BCUT2D eigenvalue weighted by molar-refractivity contribution is 8.01. The number of aryl methyl sites for hydroxylation is 1. The average Bonchev–Trinajstić information content (AvgIpc) is 2.83. The van der Waals surface area contributed by atoms with Crippen LogP contribution in [0.3, 0.4) is 0 Å². The second-order valence-corrected chi connectivity index (χ2v) is 6.61. The number of methoxy groups -OCH3 is 1. The van der Waals surface area contributed by atoms with E-state index in [0.29, 0.717) is 16.5 Å². The number of nitrogens with one attached hydrogen (secondary N) is 1. The van der Waals surface area contributed by atoms with Gasteiger partial charge >= 0.3 is 0 Å². The van der Waals surface area contributed by atoms with Gasteiger partial charge in [0.15, 0.2) is 4.34 Å². The summed E-state index contributed by atoms with van der Waals surface area (Å²) in [7, 11) is 1.54. The first kappa shape index (κ1) is 15.1. The van der Waals surface area contributed by atoms with Gasteiger partial charge in [0.25, 0.3) is 0 Å². The number of anilines is 1. The molecule has 106 valence electrons. The molecule has 1 heterocycles. The van der Waals surface area contributed by atoms with Gasteiger partial charge in [-0.3, -0.25) is 4.79 Å². The molecule has 0 aliphatic heterocycles. The fourth-order valence-corrected chi connectivity index (χ4v) is 3.22. The Kier molecular flexibility index (Phi) is 5.22. The zero-order valence-electron chi connectivity index (χ0n) is 10.8. The zero-order chi connectivity index (χ0) is 14.5. The molecule has 0 bridgehead atoms. The van der Waals surface area contributed by atoms with Crippen LogP contribution in [0, 0.1) is 6.92 Å². The summed E-state index contributed by atoms with van der Waals surface area (Å²) in [5, 5.41) is 12.0. The topological polar surface area (TPSA) is 64.1 Å². The number of ether oxygens (including phenoxy) is 1. The first-order chi connectivity index (χ1) is 9.58. The van der Waals surface area contributed by atoms with Gasteiger partial charge in [0.05, 0.1) is 18.6 Å². The van der Waals surface area contributed by atoms with Gasteiger partial charge in [-0.25, -0.2) is 0 Å². The number of rotatable bonds is 5. The van der Waals surface area contributed by atoms with Crippen molar-refractivity contribution in [1.29, 1.82) is 0 Å². The summed E-state index contributed by atoms with van der Waals surface area (Å²) < 4.78 is 5.94. The molecule has 0 aliphatic rings. The normalized spacial score (nSPS) is 10.3. The van der Waals surface area contributed by atoms with Gasteiger partial charge in [0.1, 0.15) is 10.8 Å². The van der Waals surface area contributed by atoms with E-state index in [1.807, 2.05) is 6.92 Å². The van der Waals surface area contributed by atoms with E-state index in [-0.39, 0.29) is 11.7 Å². The molecule has 2 rings (SSSR count). The number of benzene rings is 1. The third-order valence-electron chi connectivity index (χ3n) is 2.27. The fourth-order valence-electron chi connectivity index (χ4n) is 1.43. The quantitative estimate of drug-likeness (QED) is 0.853. The van der Waals surface area contributed by atoms with Gasteiger partial charge in [0.2, 0.25) is 5.91 Å². The lowest BCUT2D eigenvalue weighted by Gasteiger charge is -2.09. The Morgan fingerprint density at radius 2 is 2.30 bits per heavy atom. The lowest BCUT2D eigenvalue weighted by atomic mass is 10.3. The number of carbonyl (C=O) groups excluding carboxylic acids is 1. The van der Waals surface area contributed by atoms with E-state index in [2.05, 4.69) is 15.5 Å². The number of amides is 1. The van der Waals surface area contributed by atoms with Crippen molar-refractivity contribution in [2.24, 2.45) is 0 Å². The third kappa shape index (κ3) is 4.09. The number of halogens is 1. The Hall–Kier alpha value is -1.31. The van der Waals surface area contributed by atoms with E-state index in [4.69, 9.17) is 16.3 Å². The van der Waals surface area contributed by atoms with Crippen LogP contribution in [0.15, 0.2) is 22.5 Å². The van der Waals surface area contributed by atoms with Crippen LogP contribution in [0.4, 0.5) is 5.69 Å². The summed E-state index contributed by atoms with van der Waals surface area (Å²) in [5.41, 5.74) is 0.555. The first-order valence-electron chi connectivity index (χ1n) is 5.65.